The fraction of sp³-hybridized carbons (Fsp3) is 0.167. The lowest BCUT2D eigenvalue weighted by atomic mass is 10.0. The van der Waals surface area contributed by atoms with Gasteiger partial charge >= 0.3 is 0 Å². The van der Waals surface area contributed by atoms with Crippen LogP contribution in [0.4, 0.5) is 0 Å². The number of halogens is 3. The monoisotopic (exact) mass is 393 g/mol. The molecule has 0 aliphatic rings. The van der Waals surface area contributed by atoms with Gasteiger partial charge in [-0.3, -0.25) is 0 Å². The van der Waals surface area contributed by atoms with Crippen LogP contribution in [-0.2, 0) is 0 Å². The molecule has 0 bridgehead atoms. The molecule has 1 unspecified atom stereocenters. The molecule has 5 heteroatoms. The van der Waals surface area contributed by atoms with Crippen molar-refractivity contribution in [1.82, 2.24) is 0 Å². The van der Waals surface area contributed by atoms with Gasteiger partial charge in [0.05, 0.1) is 11.1 Å². The Kier molecular flexibility index (Phi) is 4.31. The molecule has 0 radical (unpaired) electrons. The average Bonchev–Trinajstić information content (AvgIpc) is 2.69. The van der Waals surface area contributed by atoms with Crippen molar-refractivity contribution in [2.45, 2.75) is 13.0 Å². The normalized spacial score (nSPS) is 12.8. The van der Waals surface area contributed by atoms with Crippen molar-refractivity contribution in [2.24, 2.45) is 5.73 Å². The van der Waals surface area contributed by atoms with E-state index in [2.05, 4.69) is 37.9 Å². The molecule has 0 fully saturated rings. The van der Waals surface area contributed by atoms with Gasteiger partial charge in [-0.25, -0.2) is 0 Å². The van der Waals surface area contributed by atoms with E-state index in [1.54, 1.807) is 11.3 Å². The molecule has 17 heavy (non-hydrogen) atoms. The van der Waals surface area contributed by atoms with Crippen molar-refractivity contribution < 1.29 is 0 Å². The van der Waals surface area contributed by atoms with Crippen LogP contribution in [0.25, 0.3) is 0 Å². The van der Waals surface area contributed by atoms with E-state index in [9.17, 15) is 0 Å². The molecule has 1 nitrogen and oxygen atoms in total. The topological polar surface area (TPSA) is 26.0 Å². The largest absolute Gasteiger partial charge is 0.320 e. The van der Waals surface area contributed by atoms with E-state index in [0.29, 0.717) is 0 Å². The zero-order chi connectivity index (χ0) is 12.6. The molecule has 0 aliphatic heterocycles. The second kappa shape index (κ2) is 5.41. The number of aryl methyl sites for hydroxylation is 1. The maximum atomic E-state index is 6.26. The Hall–Kier alpha value is 0.130. The van der Waals surface area contributed by atoms with Crippen LogP contribution in [0.3, 0.4) is 0 Å². The van der Waals surface area contributed by atoms with E-state index in [0.717, 1.165) is 24.4 Å². The third-order valence-corrected chi connectivity index (χ3v) is 5.52. The van der Waals surface area contributed by atoms with Crippen molar-refractivity contribution in [1.29, 1.82) is 0 Å². The minimum absolute atomic E-state index is 0.200. The molecule has 0 saturated carbocycles. The maximum Gasteiger partial charge on any atom is 0.0672 e. The highest BCUT2D eigenvalue weighted by molar-refractivity contribution is 9.11. The fourth-order valence-corrected chi connectivity index (χ4v) is 3.83. The average molecular weight is 396 g/mol. The Morgan fingerprint density at radius 3 is 2.59 bits per heavy atom. The summed E-state index contributed by atoms with van der Waals surface area (Å²) in [6, 6.07) is 5.77. The van der Waals surface area contributed by atoms with Gasteiger partial charge in [0.25, 0.3) is 0 Å². The summed E-state index contributed by atoms with van der Waals surface area (Å²) in [6.07, 6.45) is 0. The minimum Gasteiger partial charge on any atom is -0.320 e. The van der Waals surface area contributed by atoms with Gasteiger partial charge in [0.2, 0.25) is 0 Å². The summed E-state index contributed by atoms with van der Waals surface area (Å²) in [5.74, 6) is 0. The summed E-state index contributed by atoms with van der Waals surface area (Å²) in [4.78, 5) is 0.989. The molecule has 1 atom stereocenters. The van der Waals surface area contributed by atoms with Crippen LogP contribution in [0.1, 0.15) is 22.0 Å². The van der Waals surface area contributed by atoms with Crippen molar-refractivity contribution in [3.05, 3.63) is 53.6 Å². The molecule has 0 saturated heterocycles. The number of benzene rings is 1. The summed E-state index contributed by atoms with van der Waals surface area (Å²) >= 11 is 14.8. The van der Waals surface area contributed by atoms with E-state index in [4.69, 9.17) is 17.3 Å². The van der Waals surface area contributed by atoms with Crippen LogP contribution >= 0.6 is 54.8 Å². The molecule has 1 heterocycles. The van der Waals surface area contributed by atoms with Crippen LogP contribution in [-0.4, -0.2) is 0 Å². The zero-order valence-electron chi connectivity index (χ0n) is 9.01. The quantitative estimate of drug-likeness (QED) is 0.735. The highest BCUT2D eigenvalue weighted by atomic mass is 79.9. The van der Waals surface area contributed by atoms with Gasteiger partial charge in [0, 0.05) is 13.8 Å². The molecule has 2 N–H and O–H groups in total. The second-order valence-corrected chi connectivity index (χ2v) is 6.80. The summed E-state index contributed by atoms with van der Waals surface area (Å²) in [7, 11) is 0. The summed E-state index contributed by atoms with van der Waals surface area (Å²) < 4.78 is 2.06. The Morgan fingerprint density at radius 1 is 1.29 bits per heavy atom. The Labute approximate surface area is 126 Å². The highest BCUT2D eigenvalue weighted by Crippen LogP contribution is 2.36. The molecule has 0 amide bonds. The van der Waals surface area contributed by atoms with Crippen LogP contribution in [0.5, 0.6) is 0 Å². The van der Waals surface area contributed by atoms with Crippen molar-refractivity contribution in [3.63, 3.8) is 0 Å². The van der Waals surface area contributed by atoms with Crippen LogP contribution in [0.2, 0.25) is 5.02 Å². The van der Waals surface area contributed by atoms with Crippen LogP contribution in [0.15, 0.2) is 32.5 Å². The van der Waals surface area contributed by atoms with E-state index < -0.39 is 0 Å². The van der Waals surface area contributed by atoms with Crippen LogP contribution < -0.4 is 5.73 Å². The lowest BCUT2D eigenvalue weighted by Gasteiger charge is -2.14. The predicted octanol–water partition coefficient (Wildman–Crippen LogP) is 5.28. The molecular weight excluding hydrogens is 385 g/mol. The standard InChI is InChI=1S/C12H10Br2ClNS/c1-6-4-9(14)7(5-8(6)13)11(16)12-10(15)2-3-17-12/h2-5,11H,16H2,1H3. The molecule has 1 aromatic carbocycles. The smallest absolute Gasteiger partial charge is 0.0672 e. The van der Waals surface area contributed by atoms with Crippen LogP contribution in [0, 0.1) is 6.92 Å². The van der Waals surface area contributed by atoms with Crippen molar-refractivity contribution >= 4 is 54.8 Å². The van der Waals surface area contributed by atoms with Gasteiger partial charge in [-0.15, -0.1) is 11.3 Å². The van der Waals surface area contributed by atoms with Gasteiger partial charge in [0.15, 0.2) is 0 Å². The predicted molar refractivity (Wildman–Crippen MR) is 81.9 cm³/mol. The Bertz CT molecular complexity index is 553. The third-order valence-electron chi connectivity index (χ3n) is 2.54. The molecule has 0 spiro atoms. The first-order valence-electron chi connectivity index (χ1n) is 4.94. The molecule has 2 aromatic rings. The Balaban J connectivity index is 2.48. The van der Waals surface area contributed by atoms with E-state index in [1.165, 1.54) is 5.56 Å². The first-order chi connectivity index (χ1) is 8.00. The molecular formula is C12H10Br2ClNS. The second-order valence-electron chi connectivity index (χ2n) is 3.73. The number of thiophene rings is 1. The molecule has 1 aromatic heterocycles. The lowest BCUT2D eigenvalue weighted by molar-refractivity contribution is 0.885. The van der Waals surface area contributed by atoms with Gasteiger partial charge in [-0.1, -0.05) is 43.5 Å². The maximum absolute atomic E-state index is 6.26. The summed E-state index contributed by atoms with van der Waals surface area (Å²) in [5.41, 5.74) is 8.46. The van der Waals surface area contributed by atoms with E-state index in [1.807, 2.05) is 24.4 Å². The number of rotatable bonds is 2. The van der Waals surface area contributed by atoms with Gasteiger partial charge in [-0.2, -0.15) is 0 Å². The molecule has 2 rings (SSSR count). The summed E-state index contributed by atoms with van der Waals surface area (Å²) in [5, 5.41) is 2.68. The zero-order valence-corrected chi connectivity index (χ0v) is 13.8. The van der Waals surface area contributed by atoms with Gasteiger partial charge in [-0.05, 0) is 41.6 Å². The van der Waals surface area contributed by atoms with E-state index in [-0.39, 0.29) is 6.04 Å². The lowest BCUT2D eigenvalue weighted by Crippen LogP contribution is -2.11. The van der Waals surface area contributed by atoms with Crippen molar-refractivity contribution in [2.75, 3.05) is 0 Å². The third kappa shape index (κ3) is 2.76. The molecule has 90 valence electrons. The van der Waals surface area contributed by atoms with Crippen molar-refractivity contribution in [3.8, 4) is 0 Å². The number of hydrogen-bond donors (Lipinski definition) is 1. The van der Waals surface area contributed by atoms with E-state index >= 15 is 0 Å². The first kappa shape index (κ1) is 13.6. The minimum atomic E-state index is -0.200. The SMILES string of the molecule is Cc1cc(Br)c(C(N)c2sccc2Cl)cc1Br. The first-order valence-corrected chi connectivity index (χ1v) is 7.79. The van der Waals surface area contributed by atoms with Gasteiger partial charge in [0.1, 0.15) is 0 Å². The summed E-state index contributed by atoms with van der Waals surface area (Å²) in [6.45, 7) is 2.04. The Morgan fingerprint density at radius 2 is 2.00 bits per heavy atom. The fourth-order valence-electron chi connectivity index (χ4n) is 1.57. The number of nitrogens with two attached hydrogens (primary N) is 1. The van der Waals surface area contributed by atoms with Gasteiger partial charge < -0.3 is 5.73 Å². The molecule has 0 aliphatic carbocycles. The highest BCUT2D eigenvalue weighted by Gasteiger charge is 2.17. The number of hydrogen-bond acceptors (Lipinski definition) is 2.